The van der Waals surface area contributed by atoms with E-state index in [-0.39, 0.29) is 5.78 Å². The molecule has 2 rings (SSSR count). The average molecular weight is 251 g/mol. The van der Waals surface area contributed by atoms with Gasteiger partial charge in [-0.2, -0.15) is 0 Å². The van der Waals surface area contributed by atoms with E-state index in [2.05, 4.69) is 0 Å². The molecule has 1 aromatic heterocycles. The van der Waals surface area contributed by atoms with Crippen LogP contribution in [0.3, 0.4) is 0 Å². The Bertz CT molecular complexity index is 543. The van der Waals surface area contributed by atoms with Crippen LogP contribution in [0.25, 0.3) is 0 Å². The Morgan fingerprint density at radius 3 is 2.56 bits per heavy atom. The molecule has 0 saturated heterocycles. The van der Waals surface area contributed by atoms with Crippen LogP contribution in [0.1, 0.15) is 26.4 Å². The molecule has 82 valence electrons. The Kier molecular flexibility index (Phi) is 3.13. The lowest BCUT2D eigenvalue weighted by atomic mass is 10.0. The van der Waals surface area contributed by atoms with Crippen LogP contribution >= 0.6 is 22.9 Å². The zero-order valence-corrected chi connectivity index (χ0v) is 10.7. The summed E-state index contributed by atoms with van der Waals surface area (Å²) in [5, 5.41) is 0. The summed E-state index contributed by atoms with van der Waals surface area (Å²) in [5.74, 6) is 0.0538. The van der Waals surface area contributed by atoms with E-state index < -0.39 is 0 Å². The zero-order valence-electron chi connectivity index (χ0n) is 9.08. The summed E-state index contributed by atoms with van der Waals surface area (Å²) in [4.78, 5) is 12.9. The van der Waals surface area contributed by atoms with Gasteiger partial charge in [-0.25, -0.2) is 0 Å². The molecule has 0 radical (unpaired) electrons. The molecule has 0 aliphatic heterocycles. The van der Waals surface area contributed by atoms with E-state index in [9.17, 15) is 4.79 Å². The molecule has 3 heteroatoms. The van der Waals surface area contributed by atoms with Crippen LogP contribution < -0.4 is 0 Å². The number of hydrogen-bond donors (Lipinski definition) is 0. The largest absolute Gasteiger partial charge is 0.288 e. The van der Waals surface area contributed by atoms with Gasteiger partial charge in [0.25, 0.3) is 0 Å². The van der Waals surface area contributed by atoms with Gasteiger partial charge < -0.3 is 0 Å². The number of halogens is 1. The Morgan fingerprint density at radius 2 is 1.94 bits per heavy atom. The first-order valence-electron chi connectivity index (χ1n) is 4.95. The number of aryl methyl sites for hydroxylation is 2. The minimum atomic E-state index is 0.0538. The topological polar surface area (TPSA) is 17.1 Å². The number of carbonyl (C=O) groups is 1. The minimum absolute atomic E-state index is 0.0538. The standard InChI is InChI=1S/C13H11ClOS/c1-8-3-4-9(2)10(7-8)13(15)11-5-6-12(14)16-11/h3-7H,1-2H3. The molecular formula is C13H11ClOS. The van der Waals surface area contributed by atoms with Crippen molar-refractivity contribution in [3.8, 4) is 0 Å². The van der Waals surface area contributed by atoms with Crippen LogP contribution in [0.2, 0.25) is 4.34 Å². The second-order valence-electron chi connectivity index (χ2n) is 3.75. The van der Waals surface area contributed by atoms with Gasteiger partial charge in [0.1, 0.15) is 0 Å². The second kappa shape index (κ2) is 4.40. The normalized spacial score (nSPS) is 10.4. The van der Waals surface area contributed by atoms with E-state index >= 15 is 0 Å². The number of thiophene rings is 1. The highest BCUT2D eigenvalue weighted by Crippen LogP contribution is 2.25. The molecule has 0 amide bonds. The molecule has 2 aromatic rings. The van der Waals surface area contributed by atoms with E-state index in [4.69, 9.17) is 11.6 Å². The van der Waals surface area contributed by atoms with Crippen molar-refractivity contribution in [2.24, 2.45) is 0 Å². The number of benzene rings is 1. The fraction of sp³-hybridized carbons (Fsp3) is 0.154. The molecule has 1 aromatic carbocycles. The second-order valence-corrected chi connectivity index (χ2v) is 5.47. The van der Waals surface area contributed by atoms with Crippen LogP contribution in [0.15, 0.2) is 30.3 Å². The molecule has 1 heterocycles. The molecular weight excluding hydrogens is 240 g/mol. The lowest BCUT2D eigenvalue weighted by molar-refractivity contribution is 0.104. The molecule has 16 heavy (non-hydrogen) atoms. The van der Waals surface area contributed by atoms with Crippen molar-refractivity contribution < 1.29 is 4.79 Å². The van der Waals surface area contributed by atoms with Crippen molar-refractivity contribution >= 4 is 28.7 Å². The molecule has 0 N–H and O–H groups in total. The third-order valence-electron chi connectivity index (χ3n) is 2.43. The molecule has 0 spiro atoms. The van der Waals surface area contributed by atoms with Gasteiger partial charge in [0.15, 0.2) is 0 Å². The smallest absolute Gasteiger partial charge is 0.203 e. The lowest BCUT2D eigenvalue weighted by Crippen LogP contribution is -2.01. The number of carbonyl (C=O) groups excluding carboxylic acids is 1. The first-order valence-corrected chi connectivity index (χ1v) is 6.14. The van der Waals surface area contributed by atoms with E-state index in [0.717, 1.165) is 16.7 Å². The lowest BCUT2D eigenvalue weighted by Gasteiger charge is -2.04. The highest BCUT2D eigenvalue weighted by molar-refractivity contribution is 7.18. The molecule has 0 atom stereocenters. The summed E-state index contributed by atoms with van der Waals surface area (Å²) in [5.41, 5.74) is 2.86. The molecule has 0 unspecified atom stereocenters. The first-order chi connectivity index (χ1) is 7.58. The van der Waals surface area contributed by atoms with Crippen LogP contribution in [0.5, 0.6) is 0 Å². The van der Waals surface area contributed by atoms with Gasteiger partial charge in [-0.05, 0) is 37.6 Å². The molecule has 0 aliphatic carbocycles. The fourth-order valence-corrected chi connectivity index (χ4v) is 2.55. The third kappa shape index (κ3) is 2.18. The molecule has 0 aliphatic rings. The molecule has 0 bridgehead atoms. The fourth-order valence-electron chi connectivity index (χ4n) is 1.55. The average Bonchev–Trinajstić information content (AvgIpc) is 2.67. The Balaban J connectivity index is 2.45. The maximum atomic E-state index is 12.2. The number of ketones is 1. The number of rotatable bonds is 2. The van der Waals surface area contributed by atoms with Crippen LogP contribution in [0, 0.1) is 13.8 Å². The van der Waals surface area contributed by atoms with Gasteiger partial charge in [0.05, 0.1) is 9.21 Å². The van der Waals surface area contributed by atoms with Gasteiger partial charge in [-0.3, -0.25) is 4.79 Å². The predicted molar refractivity (Wildman–Crippen MR) is 68.7 cm³/mol. The van der Waals surface area contributed by atoms with Crippen LogP contribution in [-0.4, -0.2) is 5.78 Å². The van der Waals surface area contributed by atoms with Crippen molar-refractivity contribution in [1.82, 2.24) is 0 Å². The van der Waals surface area contributed by atoms with Crippen molar-refractivity contribution in [2.75, 3.05) is 0 Å². The van der Waals surface area contributed by atoms with Gasteiger partial charge in [-0.1, -0.05) is 29.3 Å². The maximum absolute atomic E-state index is 12.2. The monoisotopic (exact) mass is 250 g/mol. The van der Waals surface area contributed by atoms with Crippen LogP contribution in [-0.2, 0) is 0 Å². The van der Waals surface area contributed by atoms with E-state index in [1.54, 1.807) is 12.1 Å². The summed E-state index contributed by atoms with van der Waals surface area (Å²) in [6.07, 6.45) is 0. The Labute approximate surface area is 104 Å². The minimum Gasteiger partial charge on any atom is -0.288 e. The molecule has 0 fully saturated rings. The van der Waals surface area contributed by atoms with E-state index in [1.165, 1.54) is 11.3 Å². The molecule has 0 saturated carbocycles. The van der Waals surface area contributed by atoms with Gasteiger partial charge in [0, 0.05) is 5.56 Å². The maximum Gasteiger partial charge on any atom is 0.203 e. The summed E-state index contributed by atoms with van der Waals surface area (Å²) >= 11 is 7.15. The van der Waals surface area contributed by atoms with Crippen molar-refractivity contribution in [2.45, 2.75) is 13.8 Å². The zero-order chi connectivity index (χ0) is 11.7. The van der Waals surface area contributed by atoms with E-state index in [0.29, 0.717) is 9.21 Å². The Morgan fingerprint density at radius 1 is 1.19 bits per heavy atom. The SMILES string of the molecule is Cc1ccc(C)c(C(=O)c2ccc(Cl)s2)c1. The number of hydrogen-bond acceptors (Lipinski definition) is 2. The summed E-state index contributed by atoms with van der Waals surface area (Å²) in [7, 11) is 0. The summed E-state index contributed by atoms with van der Waals surface area (Å²) in [6.45, 7) is 3.93. The van der Waals surface area contributed by atoms with Crippen molar-refractivity contribution in [3.63, 3.8) is 0 Å². The van der Waals surface area contributed by atoms with Gasteiger partial charge in [-0.15, -0.1) is 11.3 Å². The predicted octanol–water partition coefficient (Wildman–Crippen LogP) is 4.25. The van der Waals surface area contributed by atoms with Crippen LogP contribution in [0.4, 0.5) is 0 Å². The highest BCUT2D eigenvalue weighted by Gasteiger charge is 2.13. The molecule has 1 nitrogen and oxygen atoms in total. The van der Waals surface area contributed by atoms with E-state index in [1.807, 2.05) is 32.0 Å². The highest BCUT2D eigenvalue weighted by atomic mass is 35.5. The quantitative estimate of drug-likeness (QED) is 0.729. The van der Waals surface area contributed by atoms with Crippen molar-refractivity contribution in [3.05, 3.63) is 56.2 Å². The third-order valence-corrected chi connectivity index (χ3v) is 3.66. The van der Waals surface area contributed by atoms with Gasteiger partial charge in [0.2, 0.25) is 5.78 Å². The van der Waals surface area contributed by atoms with Gasteiger partial charge >= 0.3 is 0 Å². The first kappa shape index (κ1) is 11.4. The summed E-state index contributed by atoms with van der Waals surface area (Å²) in [6, 6.07) is 9.43. The summed E-state index contributed by atoms with van der Waals surface area (Å²) < 4.78 is 0.647. The van der Waals surface area contributed by atoms with Crippen molar-refractivity contribution in [1.29, 1.82) is 0 Å². The Hall–Kier alpha value is -1.12.